The van der Waals surface area contributed by atoms with Crippen LogP contribution in [0.15, 0.2) is 18.2 Å². The third-order valence-electron chi connectivity index (χ3n) is 4.79. The highest BCUT2D eigenvalue weighted by atomic mass is 32.2. The maximum atomic E-state index is 14.1. The van der Waals surface area contributed by atoms with Gasteiger partial charge in [0.1, 0.15) is 11.8 Å². The maximum absolute atomic E-state index is 14.1. The van der Waals surface area contributed by atoms with Gasteiger partial charge < -0.3 is 4.74 Å². The molecule has 1 unspecified atom stereocenters. The molecule has 2 aromatic carbocycles. The lowest BCUT2D eigenvalue weighted by Gasteiger charge is -2.31. The van der Waals surface area contributed by atoms with Crippen LogP contribution in [0, 0.1) is 41.5 Å². The molecule has 2 aromatic rings. The molecule has 1 heterocycles. The first kappa shape index (κ1) is 23.3. The minimum absolute atomic E-state index is 0.104. The average molecular weight is 471 g/mol. The molecule has 1 atom stereocenters. The quantitative estimate of drug-likeness (QED) is 0.497. The van der Waals surface area contributed by atoms with Gasteiger partial charge in [0.2, 0.25) is 16.1 Å². The summed E-state index contributed by atoms with van der Waals surface area (Å²) in [6, 6.07) is 5.68. The second kappa shape index (κ2) is 8.66. The van der Waals surface area contributed by atoms with E-state index in [1.165, 1.54) is 23.1 Å². The van der Waals surface area contributed by atoms with E-state index in [1.807, 2.05) is 6.92 Å². The highest BCUT2D eigenvalue weighted by Crippen LogP contribution is 2.36. The molecular formula is C20H17F4N3O4S. The summed E-state index contributed by atoms with van der Waals surface area (Å²) in [5, 5.41) is 9.29. The smallest absolute Gasteiger partial charge is 0.415 e. The highest BCUT2D eigenvalue weighted by molar-refractivity contribution is 7.91. The highest BCUT2D eigenvalue weighted by Gasteiger charge is 2.33. The minimum atomic E-state index is -4.53. The number of nitriles is 1. The predicted octanol–water partition coefficient (Wildman–Crippen LogP) is 4.42. The van der Waals surface area contributed by atoms with Crippen molar-refractivity contribution in [2.75, 3.05) is 16.2 Å². The molecule has 7 nitrogen and oxygen atoms in total. The van der Waals surface area contributed by atoms with Crippen LogP contribution < -0.4 is 9.62 Å². The fourth-order valence-electron chi connectivity index (χ4n) is 3.25. The summed E-state index contributed by atoms with van der Waals surface area (Å²) in [7, 11) is -4.53. The predicted molar refractivity (Wildman–Crippen MR) is 106 cm³/mol. The molecule has 0 fully saturated rings. The van der Waals surface area contributed by atoms with Gasteiger partial charge in [-0.3, -0.25) is 9.62 Å². The first-order valence-electron chi connectivity index (χ1n) is 9.34. The number of carbonyl (C=O) groups excluding carboxylic acids is 1. The lowest BCUT2D eigenvalue weighted by molar-refractivity contribution is 0.124. The maximum Gasteiger partial charge on any atom is 0.415 e. The van der Waals surface area contributed by atoms with Crippen molar-refractivity contribution in [1.82, 2.24) is 0 Å². The van der Waals surface area contributed by atoms with Crippen LogP contribution in [0.25, 0.3) is 0 Å². The number of nitrogens with one attached hydrogen (secondary N) is 1. The van der Waals surface area contributed by atoms with Gasteiger partial charge in [-0.2, -0.15) is 5.26 Å². The molecule has 3 rings (SSSR count). The van der Waals surface area contributed by atoms with E-state index in [4.69, 9.17) is 4.74 Å². The molecule has 0 aliphatic carbocycles. The van der Waals surface area contributed by atoms with Crippen molar-refractivity contribution in [3.05, 3.63) is 58.2 Å². The van der Waals surface area contributed by atoms with E-state index in [9.17, 15) is 36.0 Å². The van der Waals surface area contributed by atoms with Gasteiger partial charge in [0.05, 0.1) is 5.69 Å². The topological polar surface area (TPSA) is 99.5 Å². The molecule has 1 amide bonds. The van der Waals surface area contributed by atoms with E-state index in [0.29, 0.717) is 12.1 Å². The average Bonchev–Trinajstić information content (AvgIpc) is 2.75. The van der Waals surface area contributed by atoms with Crippen molar-refractivity contribution < 1.29 is 35.5 Å². The Morgan fingerprint density at radius 3 is 2.34 bits per heavy atom. The molecule has 0 radical (unpaired) electrons. The number of amides is 1. The second-order valence-electron chi connectivity index (χ2n) is 7.04. The molecule has 0 saturated heterocycles. The van der Waals surface area contributed by atoms with Gasteiger partial charge in [-0.25, -0.2) is 30.8 Å². The van der Waals surface area contributed by atoms with E-state index >= 15 is 0 Å². The summed E-state index contributed by atoms with van der Waals surface area (Å²) in [5.41, 5.74) is -1.75. The number of rotatable bonds is 6. The van der Waals surface area contributed by atoms with E-state index in [1.54, 1.807) is 6.07 Å². The summed E-state index contributed by atoms with van der Waals surface area (Å²) < 4.78 is 87.7. The third-order valence-corrected chi connectivity index (χ3v) is 6.00. The van der Waals surface area contributed by atoms with Gasteiger partial charge in [0.25, 0.3) is 0 Å². The van der Waals surface area contributed by atoms with Crippen LogP contribution in [0.3, 0.4) is 0 Å². The molecule has 1 aliphatic rings. The van der Waals surface area contributed by atoms with Crippen LogP contribution in [0.1, 0.15) is 36.1 Å². The van der Waals surface area contributed by atoms with Gasteiger partial charge in [0.15, 0.2) is 23.3 Å². The zero-order valence-corrected chi connectivity index (χ0v) is 17.7. The monoisotopic (exact) mass is 471 g/mol. The SMILES string of the molecule is CCCN1C(=O)OC(C#N)c2cc(NS(=O)(=O)Cc3c(F)c(F)c(C)c(F)c3F)ccc21. The number of cyclic esters (lactones) is 1. The molecule has 32 heavy (non-hydrogen) atoms. The third kappa shape index (κ3) is 4.20. The van der Waals surface area contributed by atoms with E-state index in [-0.39, 0.29) is 17.8 Å². The number of anilines is 2. The Balaban J connectivity index is 1.95. The number of nitrogens with zero attached hydrogens (tertiary/aromatic N) is 2. The van der Waals surface area contributed by atoms with Gasteiger partial charge in [-0.1, -0.05) is 6.92 Å². The number of benzene rings is 2. The Morgan fingerprint density at radius 1 is 1.16 bits per heavy atom. The number of halogens is 4. The second-order valence-corrected chi connectivity index (χ2v) is 8.76. The molecule has 0 saturated carbocycles. The standard InChI is InChI=1S/C20H17F4N3O4S/c1-3-6-27-14-5-4-11(7-12(14)15(8-25)31-20(27)28)26-32(29,30)9-13-18(23)16(21)10(2)17(22)19(13)24/h4-5,7,15,26H,3,6,9H2,1-2H3. The lowest BCUT2D eigenvalue weighted by Crippen LogP contribution is -2.37. The molecular weight excluding hydrogens is 454 g/mol. The van der Waals surface area contributed by atoms with Crippen LogP contribution >= 0.6 is 0 Å². The Kier molecular flexibility index (Phi) is 6.32. The Labute approximate surface area is 181 Å². The van der Waals surface area contributed by atoms with Crippen LogP contribution in [-0.2, 0) is 20.5 Å². The molecule has 170 valence electrons. The van der Waals surface area contributed by atoms with Crippen LogP contribution in [0.5, 0.6) is 0 Å². The van der Waals surface area contributed by atoms with E-state index in [0.717, 1.165) is 6.92 Å². The number of carbonyl (C=O) groups is 1. The summed E-state index contributed by atoms with van der Waals surface area (Å²) in [6.45, 7) is 2.93. The van der Waals surface area contributed by atoms with E-state index in [2.05, 4.69) is 4.72 Å². The van der Waals surface area contributed by atoms with Crippen LogP contribution in [-0.4, -0.2) is 21.1 Å². The Bertz CT molecular complexity index is 1220. The summed E-state index contributed by atoms with van der Waals surface area (Å²) in [4.78, 5) is 13.4. The van der Waals surface area contributed by atoms with Crippen molar-refractivity contribution in [2.24, 2.45) is 0 Å². The molecule has 0 bridgehead atoms. The number of ether oxygens (including phenoxy) is 1. The van der Waals surface area contributed by atoms with Gasteiger partial charge in [-0.05, 0) is 31.5 Å². The van der Waals surface area contributed by atoms with Gasteiger partial charge >= 0.3 is 6.09 Å². The van der Waals surface area contributed by atoms with Gasteiger partial charge in [0, 0.05) is 28.9 Å². The number of sulfonamides is 1. The normalized spacial score (nSPS) is 15.7. The zero-order chi connectivity index (χ0) is 23.8. The fourth-order valence-corrected chi connectivity index (χ4v) is 4.44. The minimum Gasteiger partial charge on any atom is -0.425 e. The Hall–Kier alpha value is -3.33. The number of hydrogen-bond acceptors (Lipinski definition) is 5. The molecule has 12 heteroatoms. The van der Waals surface area contributed by atoms with Crippen molar-refractivity contribution in [2.45, 2.75) is 32.1 Å². The molecule has 0 spiro atoms. The van der Waals surface area contributed by atoms with Crippen molar-refractivity contribution >= 4 is 27.5 Å². The van der Waals surface area contributed by atoms with Gasteiger partial charge in [-0.15, -0.1) is 0 Å². The van der Waals surface area contributed by atoms with Crippen LogP contribution in [0.2, 0.25) is 0 Å². The van der Waals surface area contributed by atoms with Crippen LogP contribution in [0.4, 0.5) is 33.7 Å². The molecule has 0 aromatic heterocycles. The number of fused-ring (bicyclic) bond motifs is 1. The molecule has 1 aliphatic heterocycles. The Morgan fingerprint density at radius 2 is 1.78 bits per heavy atom. The lowest BCUT2D eigenvalue weighted by atomic mass is 10.0. The number of hydrogen-bond donors (Lipinski definition) is 1. The largest absolute Gasteiger partial charge is 0.425 e. The first-order chi connectivity index (χ1) is 15.0. The molecule has 1 N–H and O–H groups in total. The zero-order valence-electron chi connectivity index (χ0n) is 16.9. The first-order valence-corrected chi connectivity index (χ1v) is 11.0. The summed E-state index contributed by atoms with van der Waals surface area (Å²) in [6.07, 6.45) is -1.44. The summed E-state index contributed by atoms with van der Waals surface area (Å²) >= 11 is 0. The van der Waals surface area contributed by atoms with Crippen molar-refractivity contribution in [3.8, 4) is 6.07 Å². The van der Waals surface area contributed by atoms with Crippen molar-refractivity contribution in [1.29, 1.82) is 5.26 Å². The fraction of sp³-hybridized carbons (Fsp3) is 0.300. The summed E-state index contributed by atoms with van der Waals surface area (Å²) in [5.74, 6) is -8.35. The van der Waals surface area contributed by atoms with Crippen molar-refractivity contribution in [3.63, 3.8) is 0 Å². The van der Waals surface area contributed by atoms with E-state index < -0.39 is 62.4 Å².